The summed E-state index contributed by atoms with van der Waals surface area (Å²) < 4.78 is 13.7. The lowest BCUT2D eigenvalue weighted by Gasteiger charge is -2.13. The van der Waals surface area contributed by atoms with Crippen molar-refractivity contribution in [2.45, 2.75) is 6.10 Å². The number of rotatable bonds is 4. The molecule has 1 aliphatic heterocycles. The molecule has 0 saturated carbocycles. The van der Waals surface area contributed by atoms with Crippen molar-refractivity contribution in [1.29, 1.82) is 0 Å². The Balaban J connectivity index is 1.66. The van der Waals surface area contributed by atoms with Gasteiger partial charge in [0, 0.05) is 36.5 Å². The maximum absolute atomic E-state index is 13.7. The second-order valence-electron chi connectivity index (χ2n) is 5.21. The quantitative estimate of drug-likeness (QED) is 0.792. The Morgan fingerprint density at radius 1 is 1.45 bits per heavy atom. The molecule has 22 heavy (non-hydrogen) atoms. The van der Waals surface area contributed by atoms with Crippen LogP contribution in [0.25, 0.3) is 10.6 Å². The van der Waals surface area contributed by atoms with Gasteiger partial charge in [0.05, 0.1) is 6.10 Å². The highest BCUT2D eigenvalue weighted by molar-refractivity contribution is 7.13. The van der Waals surface area contributed by atoms with Gasteiger partial charge < -0.3 is 15.7 Å². The Hall–Kier alpha value is -1.83. The van der Waals surface area contributed by atoms with Gasteiger partial charge in [-0.15, -0.1) is 11.3 Å². The zero-order valence-corrected chi connectivity index (χ0v) is 12.6. The van der Waals surface area contributed by atoms with Crippen molar-refractivity contribution < 1.29 is 14.3 Å². The van der Waals surface area contributed by atoms with Crippen LogP contribution in [-0.2, 0) is 0 Å². The molecular weight excluding hydrogens is 305 g/mol. The number of nitrogens with zero attached hydrogens (tertiary/aromatic N) is 1. The summed E-state index contributed by atoms with van der Waals surface area (Å²) in [5.74, 6) is -0.657. The fourth-order valence-electron chi connectivity index (χ4n) is 2.38. The molecule has 2 heterocycles. The first-order chi connectivity index (χ1) is 10.6. The lowest BCUT2D eigenvalue weighted by molar-refractivity contribution is 0.0923. The molecule has 1 aromatic carbocycles. The first-order valence-electron chi connectivity index (χ1n) is 7.02. The van der Waals surface area contributed by atoms with Crippen molar-refractivity contribution >= 4 is 17.2 Å². The van der Waals surface area contributed by atoms with Gasteiger partial charge in [-0.05, 0) is 12.1 Å². The van der Waals surface area contributed by atoms with Gasteiger partial charge in [0.1, 0.15) is 16.5 Å². The average Bonchev–Trinajstić information content (AvgIpc) is 3.14. The normalized spacial score (nSPS) is 21.0. The number of aromatic nitrogens is 1. The molecule has 3 N–H and O–H groups in total. The van der Waals surface area contributed by atoms with Crippen LogP contribution in [0.15, 0.2) is 29.6 Å². The van der Waals surface area contributed by atoms with E-state index < -0.39 is 6.10 Å². The van der Waals surface area contributed by atoms with Crippen LogP contribution in [0.3, 0.4) is 0 Å². The summed E-state index contributed by atoms with van der Waals surface area (Å²) in [5.41, 5.74) is 0.658. The molecule has 1 amide bonds. The smallest absolute Gasteiger partial charge is 0.270 e. The van der Waals surface area contributed by atoms with Gasteiger partial charge >= 0.3 is 0 Å². The van der Waals surface area contributed by atoms with E-state index >= 15 is 0 Å². The van der Waals surface area contributed by atoms with Crippen molar-refractivity contribution in [3.8, 4) is 10.6 Å². The summed E-state index contributed by atoms with van der Waals surface area (Å²) in [7, 11) is 0. The number of benzene rings is 1. The zero-order chi connectivity index (χ0) is 15.5. The zero-order valence-electron chi connectivity index (χ0n) is 11.8. The third-order valence-electron chi connectivity index (χ3n) is 3.67. The van der Waals surface area contributed by atoms with E-state index in [1.54, 1.807) is 23.6 Å². The minimum absolute atomic E-state index is 0.00799. The molecule has 1 aromatic heterocycles. The Morgan fingerprint density at radius 3 is 3.00 bits per heavy atom. The highest BCUT2D eigenvalue weighted by Gasteiger charge is 2.25. The van der Waals surface area contributed by atoms with Gasteiger partial charge in [-0.1, -0.05) is 12.1 Å². The molecule has 1 fully saturated rings. The predicted octanol–water partition coefficient (Wildman–Crippen LogP) is 1.26. The van der Waals surface area contributed by atoms with E-state index in [1.165, 1.54) is 17.4 Å². The summed E-state index contributed by atoms with van der Waals surface area (Å²) in [6, 6.07) is 6.34. The van der Waals surface area contributed by atoms with E-state index in [-0.39, 0.29) is 23.3 Å². The average molecular weight is 321 g/mol. The molecule has 3 rings (SSSR count). The number of β-amino-alcohol motifs (C(OH)–C–C–N with tert-alkyl or cyclic N) is 1. The molecule has 0 aliphatic carbocycles. The molecule has 1 saturated heterocycles. The van der Waals surface area contributed by atoms with Crippen LogP contribution >= 0.6 is 11.3 Å². The maximum atomic E-state index is 13.7. The minimum Gasteiger partial charge on any atom is -0.391 e. The number of amides is 1. The topological polar surface area (TPSA) is 74.2 Å². The van der Waals surface area contributed by atoms with Crippen LogP contribution in [0.4, 0.5) is 4.39 Å². The summed E-state index contributed by atoms with van der Waals surface area (Å²) in [5, 5.41) is 17.6. The SMILES string of the molecule is O=C(NCC1CNCC1O)c1csc(-c2ccccc2F)n1. The van der Waals surface area contributed by atoms with Crippen molar-refractivity contribution in [3.05, 3.63) is 41.2 Å². The van der Waals surface area contributed by atoms with Gasteiger partial charge in [0.25, 0.3) is 5.91 Å². The summed E-state index contributed by atoms with van der Waals surface area (Å²) >= 11 is 1.23. The molecule has 116 valence electrons. The van der Waals surface area contributed by atoms with E-state index in [4.69, 9.17) is 0 Å². The first-order valence-corrected chi connectivity index (χ1v) is 7.90. The van der Waals surface area contributed by atoms with Gasteiger partial charge in [-0.2, -0.15) is 0 Å². The van der Waals surface area contributed by atoms with E-state index in [1.807, 2.05) is 0 Å². The van der Waals surface area contributed by atoms with E-state index in [9.17, 15) is 14.3 Å². The number of hydrogen-bond donors (Lipinski definition) is 3. The number of hydrogen-bond acceptors (Lipinski definition) is 5. The number of carbonyl (C=O) groups is 1. The molecule has 0 radical (unpaired) electrons. The Morgan fingerprint density at radius 2 is 2.27 bits per heavy atom. The second kappa shape index (κ2) is 6.51. The summed E-state index contributed by atoms with van der Waals surface area (Å²) in [6.45, 7) is 1.62. The minimum atomic E-state index is -0.440. The highest BCUT2D eigenvalue weighted by atomic mass is 32.1. The number of thiazole rings is 1. The summed E-state index contributed by atoms with van der Waals surface area (Å²) in [4.78, 5) is 16.3. The fourth-order valence-corrected chi connectivity index (χ4v) is 3.20. The van der Waals surface area contributed by atoms with Crippen molar-refractivity contribution in [2.75, 3.05) is 19.6 Å². The lowest BCUT2D eigenvalue weighted by Crippen LogP contribution is -2.34. The molecule has 0 bridgehead atoms. The third kappa shape index (κ3) is 3.16. The van der Waals surface area contributed by atoms with Crippen LogP contribution in [0.2, 0.25) is 0 Å². The van der Waals surface area contributed by atoms with E-state index in [0.717, 1.165) is 0 Å². The van der Waals surface area contributed by atoms with Crippen LogP contribution in [0.5, 0.6) is 0 Å². The van der Waals surface area contributed by atoms with E-state index in [0.29, 0.717) is 30.2 Å². The van der Waals surface area contributed by atoms with Crippen molar-refractivity contribution in [1.82, 2.24) is 15.6 Å². The van der Waals surface area contributed by atoms with Gasteiger partial charge in [0.15, 0.2) is 0 Å². The van der Waals surface area contributed by atoms with Crippen molar-refractivity contribution in [2.24, 2.45) is 5.92 Å². The molecule has 2 aromatic rings. The number of carbonyl (C=O) groups excluding carboxylic acids is 1. The number of aliphatic hydroxyl groups excluding tert-OH is 1. The Kier molecular flexibility index (Phi) is 4.47. The molecule has 1 aliphatic rings. The van der Waals surface area contributed by atoms with Crippen LogP contribution < -0.4 is 10.6 Å². The van der Waals surface area contributed by atoms with Gasteiger partial charge in [-0.25, -0.2) is 9.37 Å². The largest absolute Gasteiger partial charge is 0.391 e. The standard InChI is InChI=1S/C15H16FN3O2S/c16-11-4-2-1-3-10(11)15-19-12(8-22-15)14(21)18-6-9-5-17-7-13(9)20/h1-4,8-9,13,17,20H,5-7H2,(H,18,21). The molecule has 0 spiro atoms. The Labute approximate surface area is 131 Å². The molecule has 5 nitrogen and oxygen atoms in total. The van der Waals surface area contributed by atoms with E-state index in [2.05, 4.69) is 15.6 Å². The number of nitrogens with one attached hydrogen (secondary N) is 2. The number of halogens is 1. The fraction of sp³-hybridized carbons (Fsp3) is 0.333. The lowest BCUT2D eigenvalue weighted by atomic mass is 10.1. The predicted molar refractivity (Wildman–Crippen MR) is 82.2 cm³/mol. The maximum Gasteiger partial charge on any atom is 0.270 e. The van der Waals surface area contributed by atoms with Crippen LogP contribution in [-0.4, -0.2) is 41.7 Å². The highest BCUT2D eigenvalue weighted by Crippen LogP contribution is 2.26. The monoisotopic (exact) mass is 321 g/mol. The first kappa shape index (κ1) is 15.1. The number of aliphatic hydroxyl groups is 1. The van der Waals surface area contributed by atoms with Crippen LogP contribution in [0, 0.1) is 11.7 Å². The second-order valence-corrected chi connectivity index (χ2v) is 6.07. The molecular formula is C15H16FN3O2S. The van der Waals surface area contributed by atoms with Gasteiger partial charge in [-0.3, -0.25) is 4.79 Å². The third-order valence-corrected chi connectivity index (χ3v) is 4.55. The summed E-state index contributed by atoms with van der Waals surface area (Å²) in [6.07, 6.45) is -0.440. The molecule has 7 heteroatoms. The van der Waals surface area contributed by atoms with Gasteiger partial charge in [0.2, 0.25) is 0 Å². The van der Waals surface area contributed by atoms with Crippen LogP contribution in [0.1, 0.15) is 10.5 Å². The molecule has 2 atom stereocenters. The van der Waals surface area contributed by atoms with Crippen molar-refractivity contribution in [3.63, 3.8) is 0 Å². The Bertz CT molecular complexity index is 676. The molecule has 2 unspecified atom stereocenters.